The molecule has 5 nitrogen and oxygen atoms in total. The zero-order chi connectivity index (χ0) is 13.1. The molecule has 2 rings (SSSR count). The number of hydrogen-bond donors (Lipinski definition) is 0. The first-order chi connectivity index (χ1) is 8.61. The van der Waals surface area contributed by atoms with Crippen LogP contribution in [0.1, 0.15) is 18.2 Å². The molecular weight excluding hydrogens is 233 g/mol. The van der Waals surface area contributed by atoms with Crippen molar-refractivity contribution >= 4 is 5.82 Å². The van der Waals surface area contributed by atoms with Gasteiger partial charge in [0.25, 0.3) is 0 Å². The molecule has 2 aromatic rings. The molecule has 2 aromatic heterocycles. The van der Waals surface area contributed by atoms with Crippen LogP contribution in [0, 0.1) is 5.82 Å². The maximum atomic E-state index is 14.0. The van der Waals surface area contributed by atoms with Crippen LogP contribution in [0.4, 0.5) is 10.2 Å². The first-order valence-corrected chi connectivity index (χ1v) is 5.79. The monoisotopic (exact) mass is 249 g/mol. The summed E-state index contributed by atoms with van der Waals surface area (Å²) in [4.78, 5) is 9.68. The van der Waals surface area contributed by atoms with Crippen molar-refractivity contribution in [2.24, 2.45) is 7.05 Å². The average Bonchev–Trinajstić information content (AvgIpc) is 2.75. The van der Waals surface area contributed by atoms with E-state index in [0.717, 1.165) is 5.56 Å². The highest BCUT2D eigenvalue weighted by atomic mass is 19.1. The van der Waals surface area contributed by atoms with Crippen molar-refractivity contribution in [3.8, 4) is 0 Å². The molecule has 0 bridgehead atoms. The number of halogens is 1. The molecule has 0 aromatic carbocycles. The fourth-order valence-corrected chi connectivity index (χ4v) is 1.81. The van der Waals surface area contributed by atoms with Gasteiger partial charge in [-0.3, -0.25) is 4.68 Å². The lowest BCUT2D eigenvalue weighted by Crippen LogP contribution is -2.20. The summed E-state index contributed by atoms with van der Waals surface area (Å²) in [6.45, 7) is 2.43. The molecule has 0 amide bonds. The minimum Gasteiger partial charge on any atom is -0.353 e. The minimum atomic E-state index is -0.341. The van der Waals surface area contributed by atoms with Crippen LogP contribution in [0.25, 0.3) is 0 Å². The van der Waals surface area contributed by atoms with E-state index < -0.39 is 0 Å². The lowest BCUT2D eigenvalue weighted by Gasteiger charge is -2.18. The average molecular weight is 249 g/mol. The number of nitrogens with zero attached hydrogens (tertiary/aromatic N) is 5. The Balaban J connectivity index is 2.21. The Labute approximate surface area is 105 Å². The van der Waals surface area contributed by atoms with E-state index in [1.807, 2.05) is 20.2 Å². The van der Waals surface area contributed by atoms with Crippen LogP contribution in [0.2, 0.25) is 0 Å². The molecule has 0 aliphatic carbocycles. The van der Waals surface area contributed by atoms with Crippen molar-refractivity contribution in [1.82, 2.24) is 19.7 Å². The van der Waals surface area contributed by atoms with Gasteiger partial charge in [0.1, 0.15) is 6.33 Å². The number of rotatable bonds is 4. The molecule has 0 aliphatic heterocycles. The van der Waals surface area contributed by atoms with Gasteiger partial charge < -0.3 is 4.90 Å². The Bertz CT molecular complexity index is 537. The number of aromatic nitrogens is 4. The predicted octanol–water partition coefficient (Wildman–Crippen LogP) is 1.55. The molecule has 0 saturated heterocycles. The molecule has 2 heterocycles. The number of anilines is 1. The lowest BCUT2D eigenvalue weighted by molar-refractivity contribution is 0.588. The van der Waals surface area contributed by atoms with Crippen molar-refractivity contribution in [3.05, 3.63) is 35.8 Å². The van der Waals surface area contributed by atoms with E-state index in [4.69, 9.17) is 0 Å². The second-order valence-corrected chi connectivity index (χ2v) is 4.19. The van der Waals surface area contributed by atoms with Gasteiger partial charge in [0.05, 0.1) is 11.9 Å². The third-order valence-electron chi connectivity index (χ3n) is 2.72. The Hall–Kier alpha value is -1.98. The molecule has 6 heteroatoms. The van der Waals surface area contributed by atoms with E-state index in [2.05, 4.69) is 15.1 Å². The minimum absolute atomic E-state index is 0.325. The highest BCUT2D eigenvalue weighted by Crippen LogP contribution is 2.18. The van der Waals surface area contributed by atoms with Crippen molar-refractivity contribution in [1.29, 1.82) is 0 Å². The highest BCUT2D eigenvalue weighted by molar-refractivity contribution is 5.40. The van der Waals surface area contributed by atoms with Gasteiger partial charge in [-0.15, -0.1) is 0 Å². The Morgan fingerprint density at radius 2 is 2.17 bits per heavy atom. The maximum absolute atomic E-state index is 14.0. The van der Waals surface area contributed by atoms with E-state index in [9.17, 15) is 4.39 Å². The van der Waals surface area contributed by atoms with E-state index in [-0.39, 0.29) is 5.82 Å². The molecule has 0 spiro atoms. The quantitative estimate of drug-likeness (QED) is 0.824. The third kappa shape index (κ3) is 2.47. The first-order valence-electron chi connectivity index (χ1n) is 5.79. The summed E-state index contributed by atoms with van der Waals surface area (Å²) in [5, 5.41) is 4.08. The molecular formula is C12H16FN5. The first kappa shape index (κ1) is 12.5. The van der Waals surface area contributed by atoms with E-state index in [1.54, 1.807) is 22.8 Å². The predicted molar refractivity (Wildman–Crippen MR) is 66.7 cm³/mol. The molecule has 0 unspecified atom stereocenters. The Morgan fingerprint density at radius 1 is 1.39 bits per heavy atom. The van der Waals surface area contributed by atoms with Crippen LogP contribution in [-0.2, 0) is 20.0 Å². The topological polar surface area (TPSA) is 46.8 Å². The van der Waals surface area contributed by atoms with Crippen molar-refractivity contribution < 1.29 is 4.39 Å². The zero-order valence-corrected chi connectivity index (χ0v) is 10.8. The summed E-state index contributed by atoms with van der Waals surface area (Å²) in [5.74, 6) is -0.0166. The molecule has 0 N–H and O–H groups in total. The second kappa shape index (κ2) is 5.12. The van der Waals surface area contributed by atoms with Gasteiger partial charge in [-0.25, -0.2) is 14.4 Å². The van der Waals surface area contributed by atoms with Gasteiger partial charge in [0.15, 0.2) is 11.6 Å². The normalized spacial score (nSPS) is 10.7. The Kier molecular flexibility index (Phi) is 3.55. The summed E-state index contributed by atoms with van der Waals surface area (Å²) in [6.07, 6.45) is 5.62. The standard InChI is InChI=1S/C12H16FN5/c1-4-10-11(13)12(15-8-14-10)17(2)6-9-5-16-18(3)7-9/h5,7-8H,4,6H2,1-3H3. The van der Waals surface area contributed by atoms with Gasteiger partial charge in [0.2, 0.25) is 0 Å². The molecule has 18 heavy (non-hydrogen) atoms. The Morgan fingerprint density at radius 3 is 2.78 bits per heavy atom. The van der Waals surface area contributed by atoms with Crippen molar-refractivity contribution in [2.75, 3.05) is 11.9 Å². The van der Waals surface area contributed by atoms with E-state index in [0.29, 0.717) is 24.5 Å². The summed E-state index contributed by atoms with van der Waals surface area (Å²) >= 11 is 0. The second-order valence-electron chi connectivity index (χ2n) is 4.19. The summed E-state index contributed by atoms with van der Waals surface area (Å²) < 4.78 is 15.8. The van der Waals surface area contributed by atoms with Crippen LogP contribution in [0.5, 0.6) is 0 Å². The van der Waals surface area contributed by atoms with Gasteiger partial charge >= 0.3 is 0 Å². The van der Waals surface area contributed by atoms with Gasteiger partial charge in [-0.2, -0.15) is 5.10 Å². The van der Waals surface area contributed by atoms with Crippen LogP contribution in [0.15, 0.2) is 18.7 Å². The van der Waals surface area contributed by atoms with Gasteiger partial charge in [0, 0.05) is 32.4 Å². The SMILES string of the molecule is CCc1ncnc(N(C)Cc2cnn(C)c2)c1F. The third-order valence-corrected chi connectivity index (χ3v) is 2.72. The van der Waals surface area contributed by atoms with E-state index >= 15 is 0 Å². The van der Waals surface area contributed by atoms with Crippen LogP contribution >= 0.6 is 0 Å². The zero-order valence-electron chi connectivity index (χ0n) is 10.8. The van der Waals surface area contributed by atoms with Crippen molar-refractivity contribution in [3.63, 3.8) is 0 Å². The molecule has 0 aliphatic rings. The fraction of sp³-hybridized carbons (Fsp3) is 0.417. The molecule has 0 atom stereocenters. The van der Waals surface area contributed by atoms with Gasteiger partial charge in [-0.05, 0) is 6.42 Å². The van der Waals surface area contributed by atoms with E-state index in [1.165, 1.54) is 6.33 Å². The number of aryl methyl sites for hydroxylation is 2. The largest absolute Gasteiger partial charge is 0.353 e. The van der Waals surface area contributed by atoms with Crippen LogP contribution < -0.4 is 4.90 Å². The molecule has 0 fully saturated rings. The van der Waals surface area contributed by atoms with Gasteiger partial charge in [-0.1, -0.05) is 6.92 Å². The highest BCUT2D eigenvalue weighted by Gasteiger charge is 2.14. The summed E-state index contributed by atoms with van der Waals surface area (Å²) in [6, 6.07) is 0. The summed E-state index contributed by atoms with van der Waals surface area (Å²) in [5.41, 5.74) is 1.45. The smallest absolute Gasteiger partial charge is 0.187 e. The lowest BCUT2D eigenvalue weighted by atomic mass is 10.3. The summed E-state index contributed by atoms with van der Waals surface area (Å²) in [7, 11) is 3.65. The number of hydrogen-bond acceptors (Lipinski definition) is 4. The molecule has 0 saturated carbocycles. The van der Waals surface area contributed by atoms with Crippen LogP contribution in [0.3, 0.4) is 0 Å². The van der Waals surface area contributed by atoms with Crippen LogP contribution in [-0.4, -0.2) is 26.8 Å². The van der Waals surface area contributed by atoms with Crippen molar-refractivity contribution in [2.45, 2.75) is 19.9 Å². The maximum Gasteiger partial charge on any atom is 0.187 e. The molecule has 96 valence electrons. The molecule has 0 radical (unpaired) electrons. The fourth-order valence-electron chi connectivity index (χ4n) is 1.81.